The van der Waals surface area contributed by atoms with Crippen LogP contribution in [0.15, 0.2) is 44.4 Å². The highest BCUT2D eigenvalue weighted by Crippen LogP contribution is 2.40. The van der Waals surface area contributed by atoms with Crippen molar-refractivity contribution >= 4 is 44.0 Å². The van der Waals surface area contributed by atoms with Crippen LogP contribution in [0.1, 0.15) is 31.9 Å². The number of rotatable bonds is 5. The van der Waals surface area contributed by atoms with Crippen LogP contribution in [-0.4, -0.2) is 28.9 Å². The lowest BCUT2D eigenvalue weighted by atomic mass is 9.87. The fourth-order valence-corrected chi connectivity index (χ4v) is 3.27. The minimum absolute atomic E-state index is 0.0500. The smallest absolute Gasteiger partial charge is 0.277 e. The Kier molecular flexibility index (Phi) is 6.89. The maximum atomic E-state index is 11.8. The summed E-state index contributed by atoms with van der Waals surface area (Å²) >= 11 is 6.23. The Labute approximate surface area is 174 Å². The Hall–Kier alpha value is -2.06. The number of aromatic hydroxyl groups is 2. The fourth-order valence-electron chi connectivity index (χ4n) is 2.12. The summed E-state index contributed by atoms with van der Waals surface area (Å²) in [6.07, 6.45) is 1.26. The Morgan fingerprint density at radius 3 is 2.41 bits per heavy atom. The van der Waals surface area contributed by atoms with Crippen LogP contribution in [0, 0.1) is 0 Å². The van der Waals surface area contributed by atoms with Gasteiger partial charge in [0.1, 0.15) is 21.7 Å². The first kappa shape index (κ1) is 21.2. The topological polar surface area (TPSA) is 91.2 Å². The van der Waals surface area contributed by atoms with Crippen molar-refractivity contribution in [2.75, 3.05) is 6.61 Å². The molecule has 0 atom stereocenters. The van der Waals surface area contributed by atoms with Crippen molar-refractivity contribution < 1.29 is 19.7 Å². The largest absolute Gasteiger partial charge is 0.506 e. The zero-order valence-corrected chi connectivity index (χ0v) is 18.3. The highest BCUT2D eigenvalue weighted by Gasteiger charge is 2.14. The van der Waals surface area contributed by atoms with E-state index in [1.807, 2.05) is 24.3 Å². The second-order valence-electron chi connectivity index (χ2n) is 6.82. The quantitative estimate of drug-likeness (QED) is 0.418. The maximum Gasteiger partial charge on any atom is 0.277 e. The molecule has 0 saturated heterocycles. The molecule has 0 bridgehead atoms. The maximum absolute atomic E-state index is 11.8. The van der Waals surface area contributed by atoms with Crippen LogP contribution in [0.5, 0.6) is 17.2 Å². The van der Waals surface area contributed by atoms with E-state index >= 15 is 0 Å². The Bertz CT molecular complexity index is 859. The molecule has 3 N–H and O–H groups in total. The Balaban J connectivity index is 1.91. The van der Waals surface area contributed by atoms with Crippen molar-refractivity contribution in [1.82, 2.24) is 5.43 Å². The van der Waals surface area contributed by atoms with Gasteiger partial charge in [0.2, 0.25) is 0 Å². The minimum Gasteiger partial charge on any atom is -0.506 e. The summed E-state index contributed by atoms with van der Waals surface area (Å²) in [6.45, 7) is 6.17. The molecule has 2 aromatic carbocycles. The van der Waals surface area contributed by atoms with Crippen LogP contribution in [0.2, 0.25) is 0 Å². The molecule has 8 heteroatoms. The first-order valence-electron chi connectivity index (χ1n) is 8.04. The summed E-state index contributed by atoms with van der Waals surface area (Å²) in [5.74, 6) is -0.169. The van der Waals surface area contributed by atoms with Gasteiger partial charge in [-0.3, -0.25) is 4.79 Å². The van der Waals surface area contributed by atoms with Crippen molar-refractivity contribution in [1.29, 1.82) is 0 Å². The molecular weight excluding hydrogens is 480 g/mol. The van der Waals surface area contributed by atoms with E-state index in [0.29, 0.717) is 15.8 Å². The zero-order valence-electron chi connectivity index (χ0n) is 15.1. The van der Waals surface area contributed by atoms with Crippen LogP contribution >= 0.6 is 31.9 Å². The predicted octanol–water partition coefficient (Wildman–Crippen LogP) is 4.45. The van der Waals surface area contributed by atoms with E-state index in [9.17, 15) is 15.0 Å². The van der Waals surface area contributed by atoms with Gasteiger partial charge in [0.25, 0.3) is 5.91 Å². The molecule has 2 rings (SSSR count). The van der Waals surface area contributed by atoms with E-state index in [1.54, 1.807) is 0 Å². The predicted molar refractivity (Wildman–Crippen MR) is 112 cm³/mol. The van der Waals surface area contributed by atoms with Crippen LogP contribution < -0.4 is 10.2 Å². The number of hydrazone groups is 1. The van der Waals surface area contributed by atoms with Gasteiger partial charge in [-0.25, -0.2) is 5.43 Å². The molecule has 0 aliphatic heterocycles. The van der Waals surface area contributed by atoms with Crippen LogP contribution in [0.25, 0.3) is 0 Å². The lowest BCUT2D eigenvalue weighted by Crippen LogP contribution is -2.24. The molecule has 0 aliphatic rings. The number of carbonyl (C=O) groups excluding carboxylic acids is 1. The highest BCUT2D eigenvalue weighted by molar-refractivity contribution is 9.11. The van der Waals surface area contributed by atoms with E-state index in [0.717, 1.165) is 0 Å². The SMILES string of the molecule is CC(C)(C)c1ccc(OCC(=O)N/N=C/c2cc(Br)c(O)c(Br)c2O)cc1. The van der Waals surface area contributed by atoms with Crippen molar-refractivity contribution in [3.8, 4) is 17.2 Å². The summed E-state index contributed by atoms with van der Waals surface area (Å²) in [5.41, 5.74) is 3.86. The molecule has 6 nitrogen and oxygen atoms in total. The number of phenols is 2. The molecule has 0 aliphatic carbocycles. The lowest BCUT2D eigenvalue weighted by molar-refractivity contribution is -0.123. The first-order valence-corrected chi connectivity index (χ1v) is 9.63. The van der Waals surface area contributed by atoms with Gasteiger partial charge >= 0.3 is 0 Å². The number of hydrogen-bond donors (Lipinski definition) is 3. The van der Waals surface area contributed by atoms with Crippen molar-refractivity contribution in [2.24, 2.45) is 5.10 Å². The molecular formula is C19H20Br2N2O4. The van der Waals surface area contributed by atoms with Crippen molar-refractivity contribution in [2.45, 2.75) is 26.2 Å². The number of carbonyl (C=O) groups is 1. The van der Waals surface area contributed by atoms with Gasteiger partial charge in [0.15, 0.2) is 6.61 Å². The van der Waals surface area contributed by atoms with Gasteiger partial charge in [0, 0.05) is 5.56 Å². The number of phenolic OH excluding ortho intramolecular Hbond substituents is 2. The van der Waals surface area contributed by atoms with Crippen LogP contribution in [0.3, 0.4) is 0 Å². The summed E-state index contributed by atoms with van der Waals surface area (Å²) in [7, 11) is 0. The summed E-state index contributed by atoms with van der Waals surface area (Å²) < 4.78 is 5.94. The molecule has 0 saturated carbocycles. The monoisotopic (exact) mass is 498 g/mol. The van der Waals surface area contributed by atoms with E-state index in [4.69, 9.17) is 4.74 Å². The summed E-state index contributed by atoms with van der Waals surface area (Å²) in [5, 5.41) is 23.4. The third-order valence-electron chi connectivity index (χ3n) is 3.68. The van der Waals surface area contributed by atoms with Crippen molar-refractivity contribution in [3.05, 3.63) is 50.4 Å². The molecule has 0 heterocycles. The normalized spacial score (nSPS) is 11.6. The van der Waals surface area contributed by atoms with Gasteiger partial charge in [-0.2, -0.15) is 5.10 Å². The number of ether oxygens (including phenoxy) is 1. The average Bonchev–Trinajstić information content (AvgIpc) is 2.62. The van der Waals surface area contributed by atoms with Gasteiger partial charge in [-0.15, -0.1) is 0 Å². The second kappa shape index (κ2) is 8.75. The third-order valence-corrected chi connectivity index (χ3v) is 5.04. The van der Waals surface area contributed by atoms with E-state index in [1.165, 1.54) is 17.8 Å². The zero-order chi connectivity index (χ0) is 20.2. The number of halogens is 2. The van der Waals surface area contributed by atoms with E-state index in [2.05, 4.69) is 63.2 Å². The summed E-state index contributed by atoms with van der Waals surface area (Å²) in [4.78, 5) is 11.8. The number of amides is 1. The number of nitrogens with zero attached hydrogens (tertiary/aromatic N) is 1. The number of nitrogens with one attached hydrogen (secondary N) is 1. The third kappa shape index (κ3) is 5.71. The molecule has 2 aromatic rings. The van der Waals surface area contributed by atoms with Gasteiger partial charge in [-0.1, -0.05) is 32.9 Å². The number of benzene rings is 2. The van der Waals surface area contributed by atoms with Crippen LogP contribution in [0.4, 0.5) is 0 Å². The van der Waals surface area contributed by atoms with Gasteiger partial charge < -0.3 is 14.9 Å². The van der Waals surface area contributed by atoms with Crippen LogP contribution in [-0.2, 0) is 10.2 Å². The molecule has 0 radical (unpaired) electrons. The average molecular weight is 500 g/mol. The molecule has 0 spiro atoms. The molecule has 0 unspecified atom stereocenters. The first-order chi connectivity index (χ1) is 12.6. The Morgan fingerprint density at radius 1 is 1.19 bits per heavy atom. The highest BCUT2D eigenvalue weighted by atomic mass is 79.9. The molecule has 0 aromatic heterocycles. The van der Waals surface area contributed by atoms with E-state index in [-0.39, 0.29) is 28.0 Å². The lowest BCUT2D eigenvalue weighted by Gasteiger charge is -2.19. The molecule has 1 amide bonds. The minimum atomic E-state index is -0.442. The fraction of sp³-hybridized carbons (Fsp3) is 0.263. The molecule has 27 heavy (non-hydrogen) atoms. The Morgan fingerprint density at radius 2 is 1.81 bits per heavy atom. The number of hydrogen-bond acceptors (Lipinski definition) is 5. The van der Waals surface area contributed by atoms with Gasteiger partial charge in [0.05, 0.1) is 10.7 Å². The van der Waals surface area contributed by atoms with E-state index < -0.39 is 5.91 Å². The summed E-state index contributed by atoms with van der Waals surface area (Å²) in [6, 6.07) is 9.04. The molecule has 144 valence electrons. The van der Waals surface area contributed by atoms with Gasteiger partial charge in [-0.05, 0) is 61.0 Å². The van der Waals surface area contributed by atoms with Crippen molar-refractivity contribution in [3.63, 3.8) is 0 Å². The standard InChI is InChI=1S/C19H20Br2N2O4/c1-19(2,3)12-4-6-13(7-5-12)27-10-15(24)23-22-9-11-8-14(20)18(26)16(21)17(11)25/h4-9,25-26H,10H2,1-3H3,(H,23,24)/b22-9+. The second-order valence-corrected chi connectivity index (χ2v) is 8.46. The molecule has 0 fully saturated rings.